The molecule has 0 aromatic heterocycles. The maximum Gasteiger partial charge on any atom is 0.161 e. The average molecular weight is 280 g/mol. The zero-order chi connectivity index (χ0) is 8.43. The minimum atomic E-state index is 0.00789. The van der Waals surface area contributed by atoms with Crippen molar-refractivity contribution in [2.24, 2.45) is 0 Å². The first-order valence-corrected chi connectivity index (χ1v) is 4.53. The van der Waals surface area contributed by atoms with E-state index in [1.165, 1.54) is 6.92 Å². The van der Waals surface area contributed by atoms with Crippen LogP contribution in [-0.4, -0.2) is 5.78 Å². The van der Waals surface area contributed by atoms with Gasteiger partial charge in [0.1, 0.15) is 0 Å². The SMILES string of the molecule is CC(=O)c1cccc(I)c1Cl. The third-order valence-electron chi connectivity index (χ3n) is 1.33. The first-order valence-electron chi connectivity index (χ1n) is 3.08. The molecule has 0 aliphatic rings. The van der Waals surface area contributed by atoms with Gasteiger partial charge in [-0.3, -0.25) is 4.79 Å². The van der Waals surface area contributed by atoms with Crippen LogP contribution in [0.5, 0.6) is 0 Å². The van der Waals surface area contributed by atoms with Crippen LogP contribution in [0.4, 0.5) is 0 Å². The Bertz CT molecular complexity index is 296. The van der Waals surface area contributed by atoms with Crippen LogP contribution in [0.15, 0.2) is 18.2 Å². The number of carbonyl (C=O) groups is 1. The van der Waals surface area contributed by atoms with E-state index >= 15 is 0 Å². The van der Waals surface area contributed by atoms with Gasteiger partial charge in [-0.25, -0.2) is 0 Å². The molecule has 0 aliphatic heterocycles. The maximum atomic E-state index is 10.9. The van der Waals surface area contributed by atoms with E-state index in [4.69, 9.17) is 11.6 Å². The predicted octanol–water partition coefficient (Wildman–Crippen LogP) is 3.15. The van der Waals surface area contributed by atoms with Crippen LogP contribution in [0.1, 0.15) is 17.3 Å². The third kappa shape index (κ3) is 1.93. The summed E-state index contributed by atoms with van der Waals surface area (Å²) in [7, 11) is 0. The highest BCUT2D eigenvalue weighted by atomic mass is 127. The number of benzene rings is 1. The average Bonchev–Trinajstić information content (AvgIpc) is 1.94. The van der Waals surface area contributed by atoms with Crippen LogP contribution < -0.4 is 0 Å². The summed E-state index contributed by atoms with van der Waals surface area (Å²) in [5, 5.41) is 0.556. The second-order valence-electron chi connectivity index (χ2n) is 2.16. The Morgan fingerprint density at radius 1 is 1.55 bits per heavy atom. The van der Waals surface area contributed by atoms with Crippen LogP contribution in [0.3, 0.4) is 0 Å². The molecule has 0 saturated heterocycles. The first-order chi connectivity index (χ1) is 5.13. The number of halogens is 2. The van der Waals surface area contributed by atoms with Crippen LogP contribution >= 0.6 is 34.2 Å². The minimum Gasteiger partial charge on any atom is -0.294 e. The molecule has 0 N–H and O–H groups in total. The van der Waals surface area contributed by atoms with Gasteiger partial charge in [-0.05, 0) is 41.6 Å². The van der Waals surface area contributed by atoms with Crippen LogP contribution in [0.25, 0.3) is 0 Å². The molecule has 0 fully saturated rings. The zero-order valence-electron chi connectivity index (χ0n) is 5.90. The Morgan fingerprint density at radius 3 is 2.64 bits per heavy atom. The van der Waals surface area contributed by atoms with Gasteiger partial charge in [-0.15, -0.1) is 0 Å². The quantitative estimate of drug-likeness (QED) is 0.570. The van der Waals surface area contributed by atoms with E-state index in [0.29, 0.717) is 10.6 Å². The van der Waals surface area contributed by atoms with Gasteiger partial charge < -0.3 is 0 Å². The molecule has 0 heterocycles. The Labute approximate surface area is 83.9 Å². The van der Waals surface area contributed by atoms with Crippen LogP contribution in [-0.2, 0) is 0 Å². The van der Waals surface area contributed by atoms with E-state index < -0.39 is 0 Å². The van der Waals surface area contributed by atoms with Gasteiger partial charge in [0.25, 0.3) is 0 Å². The van der Waals surface area contributed by atoms with Crippen molar-refractivity contribution in [2.75, 3.05) is 0 Å². The second kappa shape index (κ2) is 3.54. The molecule has 0 bridgehead atoms. The van der Waals surface area contributed by atoms with Crippen molar-refractivity contribution < 1.29 is 4.79 Å². The normalized spacial score (nSPS) is 9.73. The third-order valence-corrected chi connectivity index (χ3v) is 2.96. The predicted molar refractivity (Wildman–Crippen MR) is 54.2 cm³/mol. The number of Topliss-reactive ketones (excluding diaryl/α,β-unsaturated/α-hetero) is 1. The molecule has 58 valence electrons. The van der Waals surface area contributed by atoms with Gasteiger partial charge >= 0.3 is 0 Å². The van der Waals surface area contributed by atoms with Gasteiger partial charge in [0.15, 0.2) is 5.78 Å². The minimum absolute atomic E-state index is 0.00789. The van der Waals surface area contributed by atoms with E-state index in [0.717, 1.165) is 3.57 Å². The summed E-state index contributed by atoms with van der Waals surface area (Å²) in [5.41, 5.74) is 0.596. The number of ketones is 1. The highest BCUT2D eigenvalue weighted by Crippen LogP contribution is 2.22. The molecule has 1 aromatic carbocycles. The molecular formula is C8H6ClIO. The molecular weight excluding hydrogens is 274 g/mol. The number of hydrogen-bond donors (Lipinski definition) is 0. The Balaban J connectivity index is 3.27. The topological polar surface area (TPSA) is 17.1 Å². The van der Waals surface area contributed by atoms with Crippen molar-refractivity contribution in [1.29, 1.82) is 0 Å². The molecule has 0 atom stereocenters. The summed E-state index contributed by atoms with van der Waals surface area (Å²) in [6, 6.07) is 5.42. The van der Waals surface area contributed by atoms with Crippen LogP contribution in [0, 0.1) is 3.57 Å². The van der Waals surface area contributed by atoms with Crippen LogP contribution in [0.2, 0.25) is 5.02 Å². The van der Waals surface area contributed by atoms with Gasteiger partial charge in [0.05, 0.1) is 5.02 Å². The summed E-state index contributed by atoms with van der Waals surface area (Å²) >= 11 is 7.96. The number of carbonyl (C=O) groups excluding carboxylic acids is 1. The van der Waals surface area contributed by atoms with Crippen molar-refractivity contribution in [2.45, 2.75) is 6.92 Å². The Kier molecular flexibility index (Phi) is 2.90. The largest absolute Gasteiger partial charge is 0.294 e. The van der Waals surface area contributed by atoms with Gasteiger partial charge in [0.2, 0.25) is 0 Å². The second-order valence-corrected chi connectivity index (χ2v) is 3.70. The molecule has 0 aliphatic carbocycles. The Hall–Kier alpha value is -0.0900. The molecule has 1 rings (SSSR count). The molecule has 3 heteroatoms. The molecule has 1 nitrogen and oxygen atoms in total. The molecule has 11 heavy (non-hydrogen) atoms. The zero-order valence-corrected chi connectivity index (χ0v) is 8.81. The molecule has 0 spiro atoms. The molecule has 0 amide bonds. The highest BCUT2D eigenvalue weighted by Gasteiger charge is 2.06. The fraction of sp³-hybridized carbons (Fsp3) is 0.125. The summed E-state index contributed by atoms with van der Waals surface area (Å²) < 4.78 is 0.914. The lowest BCUT2D eigenvalue weighted by molar-refractivity contribution is 0.101. The van der Waals surface area contributed by atoms with Crippen molar-refractivity contribution in [3.05, 3.63) is 32.4 Å². The fourth-order valence-electron chi connectivity index (χ4n) is 0.776. The first kappa shape index (κ1) is 9.00. The fourth-order valence-corrected chi connectivity index (χ4v) is 1.53. The highest BCUT2D eigenvalue weighted by molar-refractivity contribution is 14.1. The van der Waals surface area contributed by atoms with E-state index in [2.05, 4.69) is 22.6 Å². The molecule has 0 radical (unpaired) electrons. The number of hydrogen-bond acceptors (Lipinski definition) is 1. The smallest absolute Gasteiger partial charge is 0.161 e. The molecule has 1 aromatic rings. The standard InChI is InChI=1S/C8H6ClIO/c1-5(11)6-3-2-4-7(10)8(6)9/h2-4H,1H3. The van der Waals surface area contributed by atoms with Gasteiger partial charge in [0, 0.05) is 9.13 Å². The summed E-state index contributed by atoms with van der Waals surface area (Å²) in [5.74, 6) is 0.00789. The van der Waals surface area contributed by atoms with Gasteiger partial charge in [-0.2, -0.15) is 0 Å². The van der Waals surface area contributed by atoms with Gasteiger partial charge in [-0.1, -0.05) is 17.7 Å². The van der Waals surface area contributed by atoms with Crippen molar-refractivity contribution in [3.63, 3.8) is 0 Å². The lowest BCUT2D eigenvalue weighted by Crippen LogP contribution is -1.93. The van der Waals surface area contributed by atoms with E-state index in [1.54, 1.807) is 6.07 Å². The lowest BCUT2D eigenvalue weighted by Gasteiger charge is -1.99. The van der Waals surface area contributed by atoms with Crippen molar-refractivity contribution >= 4 is 40.0 Å². The summed E-state index contributed by atoms with van der Waals surface area (Å²) in [6.07, 6.45) is 0. The molecule has 0 saturated carbocycles. The van der Waals surface area contributed by atoms with Crippen molar-refractivity contribution in [1.82, 2.24) is 0 Å². The van der Waals surface area contributed by atoms with E-state index in [1.807, 2.05) is 12.1 Å². The maximum absolute atomic E-state index is 10.9. The lowest BCUT2D eigenvalue weighted by atomic mass is 10.1. The Morgan fingerprint density at radius 2 is 2.18 bits per heavy atom. The monoisotopic (exact) mass is 280 g/mol. The summed E-state index contributed by atoms with van der Waals surface area (Å²) in [4.78, 5) is 10.9. The molecule has 0 unspecified atom stereocenters. The van der Waals surface area contributed by atoms with E-state index in [-0.39, 0.29) is 5.78 Å². The number of rotatable bonds is 1. The van der Waals surface area contributed by atoms with E-state index in [9.17, 15) is 4.79 Å². The summed E-state index contributed by atoms with van der Waals surface area (Å²) in [6.45, 7) is 1.51. The van der Waals surface area contributed by atoms with Crippen molar-refractivity contribution in [3.8, 4) is 0 Å².